The molecule has 8 heteroatoms. The first-order chi connectivity index (χ1) is 52.9. The number of nitrogens with zero attached hydrogens (tertiary/aromatic N) is 6. The average molecular weight is 1380 g/mol. The third-order valence-electron chi connectivity index (χ3n) is 22.0. The van der Waals surface area contributed by atoms with Crippen molar-refractivity contribution in [1.82, 2.24) is 29.9 Å². The second-order valence-electron chi connectivity index (χ2n) is 28.1. The van der Waals surface area contributed by atoms with E-state index in [-0.39, 0.29) is 0 Å². The highest BCUT2D eigenvalue weighted by molar-refractivity contribution is 7.25. The molecule has 107 heavy (non-hydrogen) atoms. The van der Waals surface area contributed by atoms with Crippen molar-refractivity contribution in [3.63, 3.8) is 0 Å². The molecule has 0 radical (unpaired) electrons. The summed E-state index contributed by atoms with van der Waals surface area (Å²) in [6, 6.07) is 124. The Morgan fingerprint density at radius 2 is 0.729 bits per heavy atom. The van der Waals surface area contributed by atoms with Gasteiger partial charge in [0.2, 0.25) is 0 Å². The van der Waals surface area contributed by atoms with E-state index in [0.29, 0.717) is 34.9 Å². The van der Waals surface area contributed by atoms with E-state index in [9.17, 15) is 0 Å². The summed E-state index contributed by atoms with van der Waals surface area (Å²) >= 11 is 1.80. The number of hydrogen-bond donors (Lipinski definition) is 0. The van der Waals surface area contributed by atoms with E-state index in [0.717, 1.165) is 112 Å². The third-order valence-corrected chi connectivity index (χ3v) is 23.1. The second kappa shape index (κ2) is 25.1. The van der Waals surface area contributed by atoms with Crippen LogP contribution in [-0.4, -0.2) is 29.9 Å². The molecule has 1 unspecified atom stereocenters. The monoisotopic (exact) mass is 1380 g/mol. The maximum atomic E-state index is 6.54. The molecule has 0 saturated carbocycles. The van der Waals surface area contributed by atoms with Crippen LogP contribution in [0, 0.1) is 0 Å². The van der Waals surface area contributed by atoms with Crippen LogP contribution in [0.3, 0.4) is 0 Å². The van der Waals surface area contributed by atoms with Gasteiger partial charge in [-0.05, 0) is 168 Å². The normalized spacial score (nSPS) is 13.5. The number of rotatable bonds is 12. The Morgan fingerprint density at radius 3 is 1.51 bits per heavy atom. The molecular weight excluding hydrogens is 1320 g/mol. The Hall–Kier alpha value is -13.7. The van der Waals surface area contributed by atoms with Crippen LogP contribution in [0.1, 0.15) is 34.7 Å². The Labute approximate surface area is 622 Å². The summed E-state index contributed by atoms with van der Waals surface area (Å²) in [7, 11) is 0. The minimum absolute atomic E-state index is 0.474. The van der Waals surface area contributed by atoms with Crippen molar-refractivity contribution >= 4 is 53.4 Å². The highest BCUT2D eigenvalue weighted by atomic mass is 32.1. The molecule has 7 nitrogen and oxygen atoms in total. The van der Waals surface area contributed by atoms with Crippen molar-refractivity contribution < 1.29 is 4.42 Å². The zero-order chi connectivity index (χ0) is 70.7. The molecular formula is C99H62N6OS. The fraction of sp³-hybridized carbons (Fsp3) is 0.0303. The fourth-order valence-electron chi connectivity index (χ4n) is 16.7. The van der Waals surface area contributed by atoms with Gasteiger partial charge in [-0.15, -0.1) is 11.3 Å². The molecule has 500 valence electrons. The molecule has 0 spiro atoms. The first-order valence-electron chi connectivity index (χ1n) is 36.3. The number of para-hydroxylation sites is 2. The quantitative estimate of drug-likeness (QED) is 0.120. The van der Waals surface area contributed by atoms with Crippen molar-refractivity contribution in [1.29, 1.82) is 0 Å². The fourth-order valence-corrected chi connectivity index (χ4v) is 17.8. The van der Waals surface area contributed by atoms with Gasteiger partial charge in [-0.2, -0.15) is 0 Å². The van der Waals surface area contributed by atoms with Crippen LogP contribution in [0.2, 0.25) is 0 Å². The van der Waals surface area contributed by atoms with Gasteiger partial charge >= 0.3 is 0 Å². The van der Waals surface area contributed by atoms with Gasteiger partial charge in [0.25, 0.3) is 0 Å². The highest BCUT2D eigenvalue weighted by Crippen LogP contribution is 2.54. The number of benzene rings is 15. The van der Waals surface area contributed by atoms with Gasteiger partial charge in [-0.3, -0.25) is 0 Å². The lowest BCUT2D eigenvalue weighted by atomic mass is 9.73. The molecule has 0 amide bonds. The van der Waals surface area contributed by atoms with Crippen LogP contribution in [0.4, 0.5) is 0 Å². The standard InChI is InChI=1S/C99H62N6OS/c1-99(87-41-15-12-33-77(87)78-52-47-67(58-88(78)99)65-29-19-30-69(55-65)94-100-93(62-24-6-3-7-25-62)101-97(103-94)84-40-21-39-82-79-34-13-16-42-89(79)106-92(82)84)71-49-44-60(45-50-71)63-27-18-28-64(54-63)66-46-51-73(61-22-4-2-5-23-61)86(56-66)98-104-95(70-48-53-81-80-35-14-17-43-90(80)107-91(81)59-70)102-96(105-98)83-36-11-10-32-75(83)76-38-20-37-74-72-31-9-8-26-68(72)57-85(74)76/h2-56,58-59H,57H2,1H3. The lowest BCUT2D eigenvalue weighted by Gasteiger charge is -2.29. The molecule has 15 aromatic carbocycles. The van der Waals surface area contributed by atoms with Crippen molar-refractivity contribution in [2.24, 2.45) is 0 Å². The van der Waals surface area contributed by atoms with Crippen molar-refractivity contribution in [2.45, 2.75) is 18.8 Å². The van der Waals surface area contributed by atoms with E-state index >= 15 is 0 Å². The van der Waals surface area contributed by atoms with Crippen LogP contribution >= 0.6 is 11.3 Å². The number of thiophene rings is 1. The Kier molecular flexibility index (Phi) is 14.5. The lowest BCUT2D eigenvalue weighted by Crippen LogP contribution is -2.22. The largest absolute Gasteiger partial charge is 0.455 e. The smallest absolute Gasteiger partial charge is 0.167 e. The molecule has 21 rings (SSSR count). The van der Waals surface area contributed by atoms with E-state index in [2.05, 4.69) is 298 Å². The maximum absolute atomic E-state index is 6.54. The zero-order valence-corrected chi connectivity index (χ0v) is 58.9. The predicted molar refractivity (Wildman–Crippen MR) is 439 cm³/mol. The van der Waals surface area contributed by atoms with Crippen molar-refractivity contribution in [3.8, 4) is 146 Å². The van der Waals surface area contributed by atoms with Gasteiger partial charge < -0.3 is 4.42 Å². The lowest BCUT2D eigenvalue weighted by molar-refractivity contribution is 0.669. The predicted octanol–water partition coefficient (Wildman–Crippen LogP) is 25.6. The first-order valence-corrected chi connectivity index (χ1v) is 37.1. The SMILES string of the molecule is CC1(c2ccc(-c3cccc(-c4ccc(-c5ccccc5)c(-c5nc(-c6ccc7c(c6)sc6ccccc67)nc(-c6ccccc6-c6cccc7c6Cc6ccccc6-7)n5)c4)c3)cc2)c2ccccc2-c2ccc(-c3cccc(-c4nc(-c5ccccc5)nc(-c5cccc6c5oc5ccccc56)n4)c3)cc21. The highest BCUT2D eigenvalue weighted by Gasteiger charge is 2.41. The van der Waals surface area contributed by atoms with Crippen molar-refractivity contribution in [2.75, 3.05) is 0 Å². The molecule has 0 saturated heterocycles. The van der Waals surface area contributed by atoms with Gasteiger partial charge in [0, 0.05) is 64.2 Å². The van der Waals surface area contributed by atoms with E-state index in [1.54, 1.807) is 11.3 Å². The van der Waals surface area contributed by atoms with Crippen LogP contribution in [0.5, 0.6) is 0 Å². The third kappa shape index (κ3) is 10.5. The molecule has 4 heterocycles. The molecule has 19 aromatic rings. The molecule has 0 aliphatic heterocycles. The van der Waals surface area contributed by atoms with Gasteiger partial charge in [0.15, 0.2) is 34.9 Å². The summed E-state index contributed by atoms with van der Waals surface area (Å²) in [6.45, 7) is 2.39. The average Bonchev–Trinajstić information content (AvgIpc) is 1.56. The maximum Gasteiger partial charge on any atom is 0.167 e. The number of fused-ring (bicyclic) bond motifs is 12. The summed E-state index contributed by atoms with van der Waals surface area (Å²) in [5.41, 5.74) is 28.8. The molecule has 0 N–H and O–H groups in total. The van der Waals surface area contributed by atoms with E-state index in [1.165, 1.54) is 75.8 Å². The zero-order valence-electron chi connectivity index (χ0n) is 58.1. The topological polar surface area (TPSA) is 90.5 Å². The van der Waals surface area contributed by atoms with E-state index in [4.69, 9.17) is 34.3 Å². The van der Waals surface area contributed by atoms with Crippen LogP contribution in [-0.2, 0) is 11.8 Å². The molecule has 4 aromatic heterocycles. The minimum Gasteiger partial charge on any atom is -0.455 e. The molecule has 0 fully saturated rings. The van der Waals surface area contributed by atoms with E-state index in [1.807, 2.05) is 54.6 Å². The number of aromatic nitrogens is 6. The van der Waals surface area contributed by atoms with Gasteiger partial charge in [0.05, 0.1) is 5.56 Å². The Morgan fingerprint density at radius 1 is 0.262 bits per heavy atom. The number of hydrogen-bond acceptors (Lipinski definition) is 8. The Balaban J connectivity index is 0.641. The Bertz CT molecular complexity index is 6820. The first kappa shape index (κ1) is 62.0. The van der Waals surface area contributed by atoms with E-state index < -0.39 is 5.41 Å². The second-order valence-corrected chi connectivity index (χ2v) is 29.2. The van der Waals surface area contributed by atoms with Crippen LogP contribution in [0.25, 0.3) is 188 Å². The summed E-state index contributed by atoms with van der Waals surface area (Å²) in [4.78, 5) is 32.2. The molecule has 1 atom stereocenters. The molecule has 0 bridgehead atoms. The van der Waals surface area contributed by atoms with Gasteiger partial charge in [-0.25, -0.2) is 29.9 Å². The van der Waals surface area contributed by atoms with Crippen molar-refractivity contribution in [3.05, 3.63) is 374 Å². The minimum atomic E-state index is -0.474. The molecule has 2 aliphatic rings. The van der Waals surface area contributed by atoms with Gasteiger partial charge in [-0.1, -0.05) is 297 Å². The van der Waals surface area contributed by atoms with Crippen LogP contribution in [0.15, 0.2) is 350 Å². The molecule has 2 aliphatic carbocycles. The summed E-state index contributed by atoms with van der Waals surface area (Å²) in [5, 5.41) is 4.54. The summed E-state index contributed by atoms with van der Waals surface area (Å²) in [5.74, 6) is 3.54. The number of furan rings is 1. The summed E-state index contributed by atoms with van der Waals surface area (Å²) in [6.07, 6.45) is 0.858. The summed E-state index contributed by atoms with van der Waals surface area (Å²) < 4.78 is 8.98. The van der Waals surface area contributed by atoms with Gasteiger partial charge in [0.1, 0.15) is 11.2 Å². The van der Waals surface area contributed by atoms with Crippen LogP contribution < -0.4 is 0 Å².